The minimum atomic E-state index is -1.05. The van der Waals surface area contributed by atoms with Gasteiger partial charge in [-0.15, -0.1) is 5.10 Å². The molecule has 1 fully saturated rings. The van der Waals surface area contributed by atoms with E-state index in [-0.39, 0.29) is 17.4 Å². The molecule has 1 aromatic rings. The van der Waals surface area contributed by atoms with E-state index in [1.165, 1.54) is 12.3 Å². The summed E-state index contributed by atoms with van der Waals surface area (Å²) in [4.78, 5) is 22.1. The van der Waals surface area contributed by atoms with E-state index in [2.05, 4.69) is 31.4 Å². The maximum Gasteiger partial charge on any atom is 0.305 e. The molecule has 1 amide bonds. The minimum Gasteiger partial charge on any atom is -0.481 e. The number of benzene rings is 1. The van der Waals surface area contributed by atoms with Gasteiger partial charge in [0, 0.05) is 10.0 Å². The molecule has 0 spiro atoms. The lowest BCUT2D eigenvalue weighted by Gasteiger charge is -2.01. The summed E-state index contributed by atoms with van der Waals surface area (Å²) in [6.07, 6.45) is 1.14. The summed E-state index contributed by atoms with van der Waals surface area (Å²) in [5.41, 5.74) is 1.11. The molecule has 0 saturated carbocycles. The van der Waals surface area contributed by atoms with E-state index in [9.17, 15) is 14.0 Å². The predicted molar refractivity (Wildman–Crippen MR) is 85.6 cm³/mol. The van der Waals surface area contributed by atoms with Crippen LogP contribution in [0.5, 0.6) is 0 Å². The molecule has 1 unspecified atom stereocenters. The maximum absolute atomic E-state index is 13.3. The van der Waals surface area contributed by atoms with Crippen molar-refractivity contribution >= 4 is 51.0 Å². The molecule has 0 bridgehead atoms. The molecule has 116 valence electrons. The van der Waals surface area contributed by atoms with Crippen LogP contribution >= 0.6 is 27.7 Å². The van der Waals surface area contributed by atoms with E-state index in [4.69, 9.17) is 5.11 Å². The molecule has 1 aromatic carbocycles. The van der Waals surface area contributed by atoms with Crippen molar-refractivity contribution in [2.75, 3.05) is 0 Å². The predicted octanol–water partition coefficient (Wildman–Crippen LogP) is 2.29. The number of nitrogens with one attached hydrogen (secondary N) is 1. The van der Waals surface area contributed by atoms with Crippen LogP contribution < -0.4 is 5.32 Å². The van der Waals surface area contributed by atoms with Crippen LogP contribution in [0.15, 0.2) is 26.8 Å². The lowest BCUT2D eigenvalue weighted by atomic mass is 10.1. The Labute approximate surface area is 138 Å². The van der Waals surface area contributed by atoms with Crippen molar-refractivity contribution < 1.29 is 19.1 Å². The molecule has 0 aliphatic carbocycles. The number of aryl methyl sites for hydroxylation is 1. The van der Waals surface area contributed by atoms with E-state index in [1.54, 1.807) is 13.0 Å². The number of hydrogen-bond donors (Lipinski definition) is 2. The summed E-state index contributed by atoms with van der Waals surface area (Å²) in [6.45, 7) is 1.63. The van der Waals surface area contributed by atoms with Gasteiger partial charge in [-0.2, -0.15) is 5.10 Å². The van der Waals surface area contributed by atoms with Crippen molar-refractivity contribution in [1.29, 1.82) is 0 Å². The third-order valence-electron chi connectivity index (χ3n) is 2.76. The summed E-state index contributed by atoms with van der Waals surface area (Å²) in [7, 11) is 0. The van der Waals surface area contributed by atoms with Crippen molar-refractivity contribution in [3.63, 3.8) is 0 Å². The van der Waals surface area contributed by atoms with Crippen LogP contribution in [0.25, 0.3) is 0 Å². The van der Waals surface area contributed by atoms with Gasteiger partial charge in [-0.05, 0) is 24.6 Å². The largest absolute Gasteiger partial charge is 0.481 e. The van der Waals surface area contributed by atoms with Crippen LogP contribution in [0.2, 0.25) is 0 Å². The van der Waals surface area contributed by atoms with Crippen molar-refractivity contribution in [2.45, 2.75) is 18.6 Å². The highest BCUT2D eigenvalue weighted by atomic mass is 79.9. The second-order valence-corrected chi connectivity index (χ2v) is 6.51. The molecule has 2 N–H and O–H groups in total. The average molecular weight is 388 g/mol. The fourth-order valence-electron chi connectivity index (χ4n) is 1.67. The lowest BCUT2D eigenvalue weighted by molar-refractivity contribution is -0.138. The number of thioether (sulfide) groups is 1. The minimum absolute atomic E-state index is 0.238. The summed E-state index contributed by atoms with van der Waals surface area (Å²) < 4.78 is 13.9. The molecule has 0 radical (unpaired) electrons. The van der Waals surface area contributed by atoms with E-state index in [1.807, 2.05) is 0 Å². The van der Waals surface area contributed by atoms with Crippen molar-refractivity contribution in [2.24, 2.45) is 10.2 Å². The van der Waals surface area contributed by atoms with Crippen LogP contribution in [0, 0.1) is 12.7 Å². The second kappa shape index (κ2) is 7.01. The molecule has 9 heteroatoms. The number of carbonyl (C=O) groups is 2. The van der Waals surface area contributed by atoms with Gasteiger partial charge in [0.2, 0.25) is 5.91 Å². The number of aliphatic carboxylic acids is 1. The van der Waals surface area contributed by atoms with Gasteiger partial charge in [0.15, 0.2) is 5.17 Å². The smallest absolute Gasteiger partial charge is 0.305 e. The molecule has 1 aliphatic heterocycles. The fraction of sp³-hybridized carbons (Fsp3) is 0.231. The zero-order valence-corrected chi connectivity index (χ0v) is 13.7. The standard InChI is InChI=1S/C13H11BrFN3O3S/c1-6-2-7(8(14)3-9(6)15)5-16-18-13-17-12(21)10(22-13)4-11(19)20/h2-3,5,10H,4H2,1H3,(H,19,20)(H,17,18,21). The zero-order valence-electron chi connectivity index (χ0n) is 11.3. The molecule has 0 aromatic heterocycles. The van der Waals surface area contributed by atoms with E-state index in [0.717, 1.165) is 11.8 Å². The number of rotatable bonds is 4. The Bertz CT molecular complexity index is 693. The van der Waals surface area contributed by atoms with Crippen LogP contribution in [-0.4, -0.2) is 33.6 Å². The molecule has 1 heterocycles. The van der Waals surface area contributed by atoms with Crippen molar-refractivity contribution in [1.82, 2.24) is 5.32 Å². The number of nitrogens with zero attached hydrogens (tertiary/aromatic N) is 2. The highest BCUT2D eigenvalue weighted by Gasteiger charge is 2.32. The van der Waals surface area contributed by atoms with Gasteiger partial charge in [0.1, 0.15) is 11.1 Å². The van der Waals surface area contributed by atoms with Crippen molar-refractivity contribution in [3.8, 4) is 0 Å². The third kappa shape index (κ3) is 4.14. The van der Waals surface area contributed by atoms with Gasteiger partial charge in [-0.3, -0.25) is 9.59 Å². The molecular weight excluding hydrogens is 377 g/mol. The Morgan fingerprint density at radius 3 is 3.00 bits per heavy atom. The number of halogens is 2. The van der Waals surface area contributed by atoms with Crippen LogP contribution in [0.1, 0.15) is 17.5 Å². The SMILES string of the molecule is Cc1cc(C=NN=C2NC(=O)C(CC(=O)O)S2)c(Br)cc1F. The first kappa shape index (κ1) is 16.6. The van der Waals surface area contributed by atoms with E-state index < -0.39 is 17.1 Å². The van der Waals surface area contributed by atoms with Gasteiger partial charge >= 0.3 is 5.97 Å². The Hall–Kier alpha value is -1.74. The number of amides is 1. The molecule has 2 rings (SSSR count). The number of hydrogen-bond acceptors (Lipinski definition) is 5. The second-order valence-electron chi connectivity index (χ2n) is 4.47. The highest BCUT2D eigenvalue weighted by Crippen LogP contribution is 2.23. The first-order valence-electron chi connectivity index (χ1n) is 6.13. The Morgan fingerprint density at radius 1 is 1.59 bits per heavy atom. The fourth-order valence-corrected chi connectivity index (χ4v) is 3.00. The molecule has 1 aliphatic rings. The number of carboxylic acids is 1. The molecule has 6 nitrogen and oxygen atoms in total. The molecule has 22 heavy (non-hydrogen) atoms. The zero-order chi connectivity index (χ0) is 16.3. The topological polar surface area (TPSA) is 91.1 Å². The Morgan fingerprint density at radius 2 is 2.32 bits per heavy atom. The number of carboxylic acid groups (broad SMARTS) is 1. The first-order valence-corrected chi connectivity index (χ1v) is 7.80. The average Bonchev–Trinajstić information content (AvgIpc) is 2.75. The highest BCUT2D eigenvalue weighted by molar-refractivity contribution is 9.10. The summed E-state index contributed by atoms with van der Waals surface area (Å²) in [5.74, 6) is -1.78. The lowest BCUT2D eigenvalue weighted by Crippen LogP contribution is -2.26. The molecule has 1 atom stereocenters. The molecule has 1 saturated heterocycles. The maximum atomic E-state index is 13.3. The van der Waals surface area contributed by atoms with Crippen LogP contribution in [-0.2, 0) is 9.59 Å². The quantitative estimate of drug-likeness (QED) is 0.612. The number of carbonyl (C=O) groups excluding carboxylic acids is 1. The summed E-state index contributed by atoms with van der Waals surface area (Å²) in [6, 6.07) is 2.94. The third-order valence-corrected chi connectivity index (χ3v) is 4.52. The van der Waals surface area contributed by atoms with Crippen LogP contribution in [0.3, 0.4) is 0 Å². The van der Waals surface area contributed by atoms with Crippen molar-refractivity contribution in [3.05, 3.63) is 33.5 Å². The normalized spacial score (nSPS) is 19.9. The van der Waals surface area contributed by atoms with Gasteiger partial charge in [0.25, 0.3) is 0 Å². The Kier molecular flexibility index (Phi) is 5.30. The van der Waals surface area contributed by atoms with E-state index >= 15 is 0 Å². The van der Waals surface area contributed by atoms with Gasteiger partial charge in [-0.1, -0.05) is 27.7 Å². The summed E-state index contributed by atoms with van der Waals surface area (Å²) >= 11 is 4.24. The van der Waals surface area contributed by atoms with Crippen LogP contribution in [0.4, 0.5) is 4.39 Å². The molecular formula is C13H11BrFN3O3S. The number of amidine groups is 1. The first-order chi connectivity index (χ1) is 10.4. The summed E-state index contributed by atoms with van der Waals surface area (Å²) in [5, 5.41) is 18.3. The van der Waals surface area contributed by atoms with Gasteiger partial charge < -0.3 is 10.4 Å². The van der Waals surface area contributed by atoms with Gasteiger partial charge in [0.05, 0.1) is 12.6 Å². The van der Waals surface area contributed by atoms with Gasteiger partial charge in [-0.25, -0.2) is 4.39 Å². The Balaban J connectivity index is 2.08. The monoisotopic (exact) mass is 387 g/mol. The van der Waals surface area contributed by atoms with E-state index in [0.29, 0.717) is 15.6 Å².